The number of rotatable bonds is 2. The molecule has 2 heteroatoms. The zero-order chi connectivity index (χ0) is 14.4. The molecule has 0 bridgehead atoms. The summed E-state index contributed by atoms with van der Waals surface area (Å²) in [6, 6.07) is 7.54. The second kappa shape index (κ2) is 4.66. The van der Waals surface area contributed by atoms with Crippen molar-refractivity contribution in [3.8, 4) is 6.07 Å². The molecule has 1 heterocycles. The molecule has 0 N–H and O–H groups in total. The van der Waals surface area contributed by atoms with E-state index in [1.165, 1.54) is 41.6 Å². The minimum absolute atomic E-state index is 0.387. The molecular weight excluding hydrogens is 244 g/mol. The Kier molecular flexibility index (Phi) is 3.09. The van der Waals surface area contributed by atoms with Crippen LogP contribution in [-0.4, -0.2) is 4.57 Å². The summed E-state index contributed by atoms with van der Waals surface area (Å²) >= 11 is 0. The summed E-state index contributed by atoms with van der Waals surface area (Å²) in [7, 11) is 0. The Morgan fingerprint density at radius 1 is 1.20 bits per heavy atom. The molecule has 20 heavy (non-hydrogen) atoms. The zero-order valence-corrected chi connectivity index (χ0v) is 12.8. The minimum Gasteiger partial charge on any atom is -0.340 e. The Morgan fingerprint density at radius 3 is 2.35 bits per heavy atom. The molecule has 1 aromatic carbocycles. The SMILES string of the molecule is Cc1cc2c(C#N)c(C(C)C)n(C3CCC3)c2cc1C. The van der Waals surface area contributed by atoms with Crippen molar-refractivity contribution < 1.29 is 0 Å². The van der Waals surface area contributed by atoms with Crippen molar-refractivity contribution in [3.05, 3.63) is 34.5 Å². The van der Waals surface area contributed by atoms with Crippen molar-refractivity contribution in [2.45, 2.75) is 58.9 Å². The molecular formula is C18H22N2. The van der Waals surface area contributed by atoms with Gasteiger partial charge in [0.05, 0.1) is 11.1 Å². The highest BCUT2D eigenvalue weighted by Crippen LogP contribution is 2.41. The van der Waals surface area contributed by atoms with E-state index in [0.29, 0.717) is 12.0 Å². The average molecular weight is 266 g/mol. The van der Waals surface area contributed by atoms with Crippen molar-refractivity contribution in [1.82, 2.24) is 4.57 Å². The van der Waals surface area contributed by atoms with Gasteiger partial charge in [0, 0.05) is 17.1 Å². The van der Waals surface area contributed by atoms with E-state index < -0.39 is 0 Å². The fourth-order valence-corrected chi connectivity index (χ4v) is 3.31. The fourth-order valence-electron chi connectivity index (χ4n) is 3.31. The smallest absolute Gasteiger partial charge is 0.102 e. The standard InChI is InChI=1S/C18H22N2/c1-11(2)18-16(10-19)15-8-12(3)13(4)9-17(15)20(18)14-6-5-7-14/h8-9,11,14H,5-7H2,1-4H3. The largest absolute Gasteiger partial charge is 0.340 e. The molecule has 0 amide bonds. The monoisotopic (exact) mass is 266 g/mol. The Bertz CT molecular complexity index is 709. The maximum atomic E-state index is 9.65. The molecule has 2 aromatic rings. The summed E-state index contributed by atoms with van der Waals surface area (Å²) in [5, 5.41) is 10.8. The van der Waals surface area contributed by atoms with Gasteiger partial charge in [-0.05, 0) is 62.3 Å². The average Bonchev–Trinajstić information content (AvgIpc) is 2.62. The summed E-state index contributed by atoms with van der Waals surface area (Å²) < 4.78 is 2.47. The number of aryl methyl sites for hydroxylation is 2. The van der Waals surface area contributed by atoms with Crippen molar-refractivity contribution in [3.63, 3.8) is 0 Å². The van der Waals surface area contributed by atoms with Crippen LogP contribution >= 0.6 is 0 Å². The van der Waals surface area contributed by atoms with E-state index in [9.17, 15) is 5.26 Å². The van der Waals surface area contributed by atoms with E-state index in [4.69, 9.17) is 0 Å². The lowest BCUT2D eigenvalue weighted by molar-refractivity contribution is 0.312. The summed E-state index contributed by atoms with van der Waals surface area (Å²) in [6.45, 7) is 8.69. The van der Waals surface area contributed by atoms with Gasteiger partial charge in [0.1, 0.15) is 6.07 Å². The van der Waals surface area contributed by atoms with Crippen LogP contribution in [0.15, 0.2) is 12.1 Å². The van der Waals surface area contributed by atoms with E-state index in [1.807, 2.05) is 0 Å². The first kappa shape index (κ1) is 13.2. The molecule has 104 valence electrons. The number of nitriles is 1. The highest BCUT2D eigenvalue weighted by molar-refractivity contribution is 5.90. The predicted octanol–water partition coefficient (Wildman–Crippen LogP) is 4.98. The van der Waals surface area contributed by atoms with Gasteiger partial charge in [0.2, 0.25) is 0 Å². The molecule has 1 aromatic heterocycles. The third-order valence-corrected chi connectivity index (χ3v) is 4.76. The van der Waals surface area contributed by atoms with Crippen LogP contribution in [0.4, 0.5) is 0 Å². The number of benzene rings is 1. The maximum absolute atomic E-state index is 9.65. The van der Waals surface area contributed by atoms with Crippen LogP contribution in [0.2, 0.25) is 0 Å². The van der Waals surface area contributed by atoms with Crippen LogP contribution in [0.25, 0.3) is 10.9 Å². The van der Waals surface area contributed by atoms with Crippen molar-refractivity contribution in [1.29, 1.82) is 5.26 Å². The third kappa shape index (κ3) is 1.77. The molecule has 1 aliphatic carbocycles. The van der Waals surface area contributed by atoms with Gasteiger partial charge in [-0.3, -0.25) is 0 Å². The predicted molar refractivity (Wildman–Crippen MR) is 83.1 cm³/mol. The first-order chi connectivity index (χ1) is 9.54. The first-order valence-corrected chi connectivity index (χ1v) is 7.59. The lowest BCUT2D eigenvalue weighted by atomic mass is 9.91. The number of fused-ring (bicyclic) bond motifs is 1. The van der Waals surface area contributed by atoms with E-state index >= 15 is 0 Å². The molecule has 1 fully saturated rings. The Morgan fingerprint density at radius 2 is 1.85 bits per heavy atom. The molecule has 0 aliphatic heterocycles. The van der Waals surface area contributed by atoms with Gasteiger partial charge in [-0.15, -0.1) is 0 Å². The number of hydrogen-bond donors (Lipinski definition) is 0. The summed E-state index contributed by atoms with van der Waals surface area (Å²) in [5.74, 6) is 0.387. The van der Waals surface area contributed by atoms with E-state index in [0.717, 1.165) is 10.9 Å². The second-order valence-electron chi connectivity index (χ2n) is 6.44. The molecule has 0 unspecified atom stereocenters. The minimum atomic E-state index is 0.387. The van der Waals surface area contributed by atoms with Crippen LogP contribution in [0, 0.1) is 25.2 Å². The number of hydrogen-bond acceptors (Lipinski definition) is 1. The summed E-state index contributed by atoms with van der Waals surface area (Å²) in [5.41, 5.74) is 5.98. The van der Waals surface area contributed by atoms with Gasteiger partial charge >= 0.3 is 0 Å². The van der Waals surface area contributed by atoms with Crippen LogP contribution in [0.1, 0.15) is 67.5 Å². The number of nitrogens with zero attached hydrogens (tertiary/aromatic N) is 2. The second-order valence-corrected chi connectivity index (χ2v) is 6.44. The van der Waals surface area contributed by atoms with Crippen LogP contribution in [0.3, 0.4) is 0 Å². The van der Waals surface area contributed by atoms with Crippen LogP contribution < -0.4 is 0 Å². The summed E-state index contributed by atoms with van der Waals surface area (Å²) in [6.07, 6.45) is 3.82. The van der Waals surface area contributed by atoms with Gasteiger partial charge in [-0.1, -0.05) is 13.8 Å². The highest BCUT2D eigenvalue weighted by atomic mass is 15.0. The Hall–Kier alpha value is -1.75. The molecule has 0 radical (unpaired) electrons. The zero-order valence-electron chi connectivity index (χ0n) is 12.8. The van der Waals surface area contributed by atoms with Gasteiger partial charge in [-0.2, -0.15) is 5.26 Å². The van der Waals surface area contributed by atoms with Crippen LogP contribution in [-0.2, 0) is 0 Å². The quantitative estimate of drug-likeness (QED) is 0.753. The van der Waals surface area contributed by atoms with Crippen molar-refractivity contribution in [2.75, 3.05) is 0 Å². The molecule has 0 saturated heterocycles. The fraction of sp³-hybridized carbons (Fsp3) is 0.500. The number of aromatic nitrogens is 1. The Labute approximate surface area is 121 Å². The van der Waals surface area contributed by atoms with Gasteiger partial charge in [0.25, 0.3) is 0 Å². The lowest BCUT2D eigenvalue weighted by Gasteiger charge is -2.31. The maximum Gasteiger partial charge on any atom is 0.102 e. The topological polar surface area (TPSA) is 28.7 Å². The van der Waals surface area contributed by atoms with Crippen LogP contribution in [0.5, 0.6) is 0 Å². The summed E-state index contributed by atoms with van der Waals surface area (Å²) in [4.78, 5) is 0. The highest BCUT2D eigenvalue weighted by Gasteiger charge is 2.28. The van der Waals surface area contributed by atoms with E-state index in [1.54, 1.807) is 0 Å². The molecule has 1 saturated carbocycles. The van der Waals surface area contributed by atoms with Gasteiger partial charge in [0.15, 0.2) is 0 Å². The normalized spacial score (nSPS) is 15.6. The lowest BCUT2D eigenvalue weighted by Crippen LogP contribution is -2.19. The molecule has 0 atom stereocenters. The van der Waals surface area contributed by atoms with E-state index in [-0.39, 0.29) is 0 Å². The third-order valence-electron chi connectivity index (χ3n) is 4.76. The molecule has 1 aliphatic rings. The molecule has 3 rings (SSSR count). The van der Waals surface area contributed by atoms with Crippen molar-refractivity contribution >= 4 is 10.9 Å². The van der Waals surface area contributed by atoms with Gasteiger partial charge in [-0.25, -0.2) is 0 Å². The Balaban J connectivity index is 2.41. The first-order valence-electron chi connectivity index (χ1n) is 7.59. The molecule has 2 nitrogen and oxygen atoms in total. The molecule has 0 spiro atoms. The van der Waals surface area contributed by atoms with E-state index in [2.05, 4.69) is 50.5 Å². The van der Waals surface area contributed by atoms with Gasteiger partial charge < -0.3 is 4.57 Å². The van der Waals surface area contributed by atoms with Crippen molar-refractivity contribution in [2.24, 2.45) is 0 Å².